The first-order valence-electron chi connectivity index (χ1n) is 12.3. The Morgan fingerprint density at radius 3 is 2.29 bits per heavy atom. The van der Waals surface area contributed by atoms with Gasteiger partial charge in [-0.25, -0.2) is 14.2 Å². The highest BCUT2D eigenvalue weighted by Gasteiger charge is 2.29. The largest absolute Gasteiger partial charge is 0.481 e. The monoisotopic (exact) mass is 519 g/mol. The molecule has 38 heavy (non-hydrogen) atoms. The van der Waals surface area contributed by atoms with Crippen molar-refractivity contribution >= 4 is 23.1 Å². The van der Waals surface area contributed by atoms with Gasteiger partial charge in [0, 0.05) is 48.2 Å². The Hall–Kier alpha value is -4.34. The quantitative estimate of drug-likeness (QED) is 0.364. The molecular weight excluding hydrogens is 489 g/mol. The van der Waals surface area contributed by atoms with Crippen molar-refractivity contribution in [2.45, 2.75) is 39.2 Å². The van der Waals surface area contributed by atoms with Gasteiger partial charge in [-0.15, -0.1) is 0 Å². The van der Waals surface area contributed by atoms with E-state index in [0.29, 0.717) is 31.6 Å². The average molecular weight is 520 g/mol. The molecule has 4 aromatic rings. The summed E-state index contributed by atoms with van der Waals surface area (Å²) in [5.41, 5.74) is 3.87. The molecule has 9 nitrogen and oxygen atoms in total. The molecule has 1 aliphatic rings. The van der Waals surface area contributed by atoms with Gasteiger partial charge in [0.2, 0.25) is 0 Å². The maximum absolute atomic E-state index is 13.1. The van der Waals surface area contributed by atoms with Gasteiger partial charge in [0.15, 0.2) is 5.65 Å². The molecule has 0 unspecified atom stereocenters. The predicted molar refractivity (Wildman–Crippen MR) is 141 cm³/mol. The maximum atomic E-state index is 13.1. The minimum absolute atomic E-state index is 0.261. The molecule has 0 spiro atoms. The van der Waals surface area contributed by atoms with Crippen LogP contribution in [0.2, 0.25) is 0 Å². The molecule has 4 heterocycles. The van der Waals surface area contributed by atoms with Crippen LogP contribution in [0.4, 0.5) is 9.18 Å². The number of carboxylic acids is 1. The summed E-state index contributed by atoms with van der Waals surface area (Å²) in [5, 5.41) is 16.9. The second kappa shape index (κ2) is 11.4. The van der Waals surface area contributed by atoms with Crippen LogP contribution in [-0.2, 0) is 9.53 Å². The summed E-state index contributed by atoms with van der Waals surface area (Å²) in [6, 6.07) is 12.2. The van der Waals surface area contributed by atoms with E-state index in [4.69, 9.17) is 9.84 Å². The zero-order chi connectivity index (χ0) is 27.3. The number of piperidine rings is 1. The Labute approximate surface area is 219 Å². The van der Waals surface area contributed by atoms with Gasteiger partial charge in [-0.2, -0.15) is 5.10 Å². The van der Waals surface area contributed by atoms with Gasteiger partial charge in [-0.05, 0) is 81.6 Å². The van der Waals surface area contributed by atoms with Crippen LogP contribution in [0.5, 0.6) is 0 Å². The maximum Gasteiger partial charge on any atom is 0.410 e. The number of carboxylic acid groups (broad SMARTS) is 1. The summed E-state index contributed by atoms with van der Waals surface area (Å²) < 4.78 is 18.3. The molecule has 1 fully saturated rings. The van der Waals surface area contributed by atoms with Crippen LogP contribution in [-0.4, -0.2) is 60.9 Å². The first-order valence-corrected chi connectivity index (χ1v) is 12.3. The van der Waals surface area contributed by atoms with Crippen LogP contribution < -0.4 is 0 Å². The molecule has 198 valence electrons. The van der Waals surface area contributed by atoms with E-state index < -0.39 is 11.6 Å². The third kappa shape index (κ3) is 6.70. The Morgan fingerprint density at radius 1 is 1.03 bits per heavy atom. The topological polar surface area (TPSA) is 121 Å². The van der Waals surface area contributed by atoms with Crippen molar-refractivity contribution in [2.75, 3.05) is 13.1 Å². The minimum atomic E-state index is -0.774. The van der Waals surface area contributed by atoms with E-state index in [1.165, 1.54) is 12.1 Å². The van der Waals surface area contributed by atoms with Gasteiger partial charge in [0.05, 0.1) is 11.6 Å². The number of amides is 1. The average Bonchev–Trinajstić information content (AvgIpc) is 3.32. The van der Waals surface area contributed by atoms with Crippen molar-refractivity contribution in [1.82, 2.24) is 25.1 Å². The molecule has 1 aromatic carbocycles. The number of hydrogen-bond acceptors (Lipinski definition) is 6. The van der Waals surface area contributed by atoms with E-state index in [-0.39, 0.29) is 17.8 Å². The number of rotatable bonds is 3. The van der Waals surface area contributed by atoms with Crippen LogP contribution in [0.1, 0.15) is 33.6 Å². The van der Waals surface area contributed by atoms with Crippen LogP contribution in [0, 0.1) is 11.7 Å². The summed E-state index contributed by atoms with van der Waals surface area (Å²) in [6.45, 7) is 6.37. The van der Waals surface area contributed by atoms with Crippen LogP contribution >= 0.6 is 0 Å². The van der Waals surface area contributed by atoms with E-state index in [0.717, 1.165) is 27.8 Å². The van der Waals surface area contributed by atoms with E-state index in [9.17, 15) is 14.0 Å². The number of aliphatic carboxylic acids is 1. The molecule has 1 amide bonds. The first kappa shape index (κ1) is 26.7. The lowest BCUT2D eigenvalue weighted by atomic mass is 9.97. The number of carbonyl (C=O) groups is 2. The van der Waals surface area contributed by atoms with E-state index >= 15 is 0 Å². The van der Waals surface area contributed by atoms with Gasteiger partial charge < -0.3 is 14.7 Å². The SMILES string of the molecule is CC(C)(C)OC(=O)N1CCC(C(=O)O)CC1.Fc1ccc(-c2[nH]nc3ncc(-c4ccncc4)cc23)cc1. The van der Waals surface area contributed by atoms with Crippen LogP contribution in [0.25, 0.3) is 33.4 Å². The van der Waals surface area contributed by atoms with Crippen molar-refractivity contribution in [1.29, 1.82) is 0 Å². The van der Waals surface area contributed by atoms with Crippen molar-refractivity contribution in [3.05, 3.63) is 66.9 Å². The third-order valence-electron chi connectivity index (χ3n) is 6.05. The summed E-state index contributed by atoms with van der Waals surface area (Å²) >= 11 is 0. The second-order valence-electron chi connectivity index (χ2n) is 10.0. The van der Waals surface area contributed by atoms with E-state index in [2.05, 4.69) is 20.2 Å². The molecule has 0 aliphatic carbocycles. The van der Waals surface area contributed by atoms with Gasteiger partial charge in [-0.3, -0.25) is 14.9 Å². The fraction of sp³-hybridized carbons (Fsp3) is 0.321. The van der Waals surface area contributed by atoms with Crippen LogP contribution in [0.3, 0.4) is 0 Å². The summed E-state index contributed by atoms with van der Waals surface area (Å²) in [5.74, 6) is -1.36. The highest BCUT2D eigenvalue weighted by molar-refractivity contribution is 5.93. The number of aromatic nitrogens is 4. The summed E-state index contributed by atoms with van der Waals surface area (Å²) in [7, 11) is 0. The Kier molecular flexibility index (Phi) is 7.99. The highest BCUT2D eigenvalue weighted by atomic mass is 19.1. The van der Waals surface area contributed by atoms with Crippen molar-refractivity contribution in [3.8, 4) is 22.4 Å². The van der Waals surface area contributed by atoms with E-state index in [1.807, 2.05) is 39.0 Å². The number of carbonyl (C=O) groups excluding carboxylic acids is 1. The van der Waals surface area contributed by atoms with Crippen molar-refractivity contribution < 1.29 is 23.8 Å². The fourth-order valence-corrected chi connectivity index (χ4v) is 4.07. The molecule has 2 N–H and O–H groups in total. The van der Waals surface area contributed by atoms with Crippen LogP contribution in [0.15, 0.2) is 61.1 Å². The van der Waals surface area contributed by atoms with Gasteiger partial charge in [0.25, 0.3) is 0 Å². The first-order chi connectivity index (χ1) is 18.1. The molecule has 3 aromatic heterocycles. The number of nitrogens with one attached hydrogen (secondary N) is 1. The highest BCUT2D eigenvalue weighted by Crippen LogP contribution is 2.29. The molecule has 5 rings (SSSR count). The normalized spacial score (nSPS) is 14.1. The third-order valence-corrected chi connectivity index (χ3v) is 6.05. The Bertz CT molecular complexity index is 1390. The lowest BCUT2D eigenvalue weighted by Crippen LogP contribution is -2.42. The number of likely N-dealkylation sites (tertiary alicyclic amines) is 1. The number of pyridine rings is 2. The number of halogens is 1. The number of fused-ring (bicyclic) bond motifs is 1. The number of aromatic amines is 1. The molecule has 0 radical (unpaired) electrons. The van der Waals surface area contributed by atoms with Crippen molar-refractivity contribution in [2.24, 2.45) is 5.92 Å². The number of nitrogens with zero attached hydrogens (tertiary/aromatic N) is 4. The van der Waals surface area contributed by atoms with Gasteiger partial charge >= 0.3 is 12.1 Å². The van der Waals surface area contributed by atoms with Crippen molar-refractivity contribution in [3.63, 3.8) is 0 Å². The standard InChI is InChI=1S/C17H11FN4.C11H19NO4/c18-14-3-1-12(2-4-14)16-15-9-13(10-20-17(15)22-21-16)11-5-7-19-8-6-11;1-11(2,3)16-10(15)12-6-4-8(5-7-12)9(13)14/h1-10H,(H,20,21,22);8H,4-7H2,1-3H3,(H,13,14). The molecule has 0 bridgehead atoms. The smallest absolute Gasteiger partial charge is 0.410 e. The molecule has 10 heteroatoms. The Balaban J connectivity index is 0.000000188. The number of ether oxygens (including phenoxy) is 1. The number of H-pyrrole nitrogens is 1. The zero-order valence-corrected chi connectivity index (χ0v) is 21.5. The Morgan fingerprint density at radius 2 is 1.68 bits per heavy atom. The number of hydrogen-bond donors (Lipinski definition) is 2. The number of benzene rings is 1. The zero-order valence-electron chi connectivity index (χ0n) is 21.5. The van der Waals surface area contributed by atoms with E-state index in [1.54, 1.807) is 35.6 Å². The summed E-state index contributed by atoms with van der Waals surface area (Å²) in [6.07, 6.45) is 5.94. The molecule has 1 aliphatic heterocycles. The lowest BCUT2D eigenvalue weighted by Gasteiger charge is -2.32. The molecule has 1 saturated heterocycles. The summed E-state index contributed by atoms with van der Waals surface area (Å²) in [4.78, 5) is 32.4. The lowest BCUT2D eigenvalue weighted by molar-refractivity contribution is -0.143. The predicted octanol–water partition coefficient (Wildman–Crippen LogP) is 5.54. The van der Waals surface area contributed by atoms with Gasteiger partial charge in [-0.1, -0.05) is 0 Å². The minimum Gasteiger partial charge on any atom is -0.481 e. The second-order valence-corrected chi connectivity index (χ2v) is 10.0. The van der Waals surface area contributed by atoms with Gasteiger partial charge in [0.1, 0.15) is 11.4 Å². The molecular formula is C28H30FN5O4. The fourth-order valence-electron chi connectivity index (χ4n) is 4.07. The molecule has 0 saturated carbocycles. The molecule has 0 atom stereocenters.